The summed E-state index contributed by atoms with van der Waals surface area (Å²) >= 11 is 5.82. The van der Waals surface area contributed by atoms with Gasteiger partial charge in [-0.25, -0.2) is 22.7 Å². The molecule has 3 N–H and O–H groups in total. The molecule has 1 aliphatic heterocycles. The minimum atomic E-state index is -4.22. The van der Waals surface area contributed by atoms with Crippen LogP contribution in [0.4, 0.5) is 13.6 Å². The zero-order valence-corrected chi connectivity index (χ0v) is 33.1. The molecule has 3 aromatic rings. The van der Waals surface area contributed by atoms with Crippen LogP contribution in [0.1, 0.15) is 86.6 Å². The van der Waals surface area contributed by atoms with E-state index >= 15 is 8.78 Å². The number of urea groups is 1. The monoisotopic (exact) mass is 801 g/mol. The van der Waals surface area contributed by atoms with Gasteiger partial charge >= 0.3 is 17.9 Å². The summed E-state index contributed by atoms with van der Waals surface area (Å²) in [5.41, 5.74) is 0.845. The second kappa shape index (κ2) is 17.9. The van der Waals surface area contributed by atoms with Crippen LogP contribution < -0.4 is 15.4 Å². The molecular weight excluding hydrogens is 754 g/mol. The molecule has 4 atom stereocenters. The fraction of sp³-hybridized carbons (Fsp3) is 0.425. The van der Waals surface area contributed by atoms with Crippen LogP contribution in [0.25, 0.3) is 0 Å². The number of aryl methyl sites for hydroxylation is 1. The summed E-state index contributed by atoms with van der Waals surface area (Å²) in [6.45, 7) is 8.21. The summed E-state index contributed by atoms with van der Waals surface area (Å²) in [5, 5.41) is 5.55. The van der Waals surface area contributed by atoms with Gasteiger partial charge in [0.15, 0.2) is 0 Å². The summed E-state index contributed by atoms with van der Waals surface area (Å²) in [6, 6.07) is 15.1. The lowest BCUT2D eigenvalue weighted by Gasteiger charge is -2.38. The third kappa shape index (κ3) is 10.2. The molecular formula is C40H48ClF2N4O7S+. The van der Waals surface area contributed by atoms with Crippen molar-refractivity contribution in [2.45, 2.75) is 95.7 Å². The van der Waals surface area contributed by atoms with Crippen LogP contribution in [0.2, 0.25) is 5.02 Å². The van der Waals surface area contributed by atoms with Crippen LogP contribution in [0, 0.1) is 11.8 Å². The lowest BCUT2D eigenvalue weighted by Crippen LogP contribution is -2.70. The van der Waals surface area contributed by atoms with Crippen LogP contribution in [0.5, 0.6) is 0 Å². The normalized spacial score (nSPS) is 18.4. The smallest absolute Gasteiger partial charge is 0.336 e. The molecule has 0 bridgehead atoms. The molecule has 5 amide bonds. The predicted octanol–water partition coefficient (Wildman–Crippen LogP) is 6.70. The number of nitrogens with zero attached hydrogens (tertiary/aromatic N) is 1. The van der Waals surface area contributed by atoms with Crippen LogP contribution in [-0.4, -0.2) is 73.0 Å². The van der Waals surface area contributed by atoms with Gasteiger partial charge in [0, 0.05) is 35.4 Å². The Morgan fingerprint density at radius 1 is 0.818 bits per heavy atom. The van der Waals surface area contributed by atoms with Gasteiger partial charge in [0.05, 0.1) is 11.4 Å². The number of alkyl halides is 2. The largest absolute Gasteiger partial charge is 0.424 e. The first-order valence-electron chi connectivity index (χ1n) is 18.2. The molecule has 1 heterocycles. The Kier molecular flexibility index (Phi) is 14.1. The van der Waals surface area contributed by atoms with Gasteiger partial charge in [0.2, 0.25) is 5.78 Å². The maximum atomic E-state index is 15.4. The number of rotatable bonds is 15. The number of Topliss-reactive ketones (excluding diaryl/α,β-unsaturated/α-hetero) is 1. The number of hydrogen-bond acceptors (Lipinski definition) is 7. The van der Waals surface area contributed by atoms with Crippen molar-refractivity contribution in [2.75, 3.05) is 6.54 Å². The Bertz CT molecular complexity index is 1980. The third-order valence-corrected chi connectivity index (χ3v) is 11.6. The molecule has 296 valence electrons. The molecule has 3 aromatic carbocycles. The molecule has 1 fully saturated rings. The van der Waals surface area contributed by atoms with E-state index in [1.807, 2.05) is 22.9 Å². The van der Waals surface area contributed by atoms with Gasteiger partial charge < -0.3 is 5.32 Å². The highest BCUT2D eigenvalue weighted by atomic mass is 35.5. The lowest BCUT2D eigenvalue weighted by molar-refractivity contribution is -0.786. The summed E-state index contributed by atoms with van der Waals surface area (Å²) in [7, 11) is -4.22. The van der Waals surface area contributed by atoms with Crippen molar-refractivity contribution in [3.05, 3.63) is 101 Å². The second-order valence-electron chi connectivity index (χ2n) is 14.7. The lowest BCUT2D eigenvalue weighted by atomic mass is 9.93. The summed E-state index contributed by atoms with van der Waals surface area (Å²) in [5.74, 6) is -8.68. The molecule has 0 saturated carbocycles. The number of amides is 5. The van der Waals surface area contributed by atoms with Crippen molar-refractivity contribution in [3.8, 4) is 0 Å². The van der Waals surface area contributed by atoms with E-state index in [1.165, 1.54) is 48.5 Å². The summed E-state index contributed by atoms with van der Waals surface area (Å²) < 4.78 is 57.2. The molecule has 4 rings (SSSR count). The quantitative estimate of drug-likeness (QED) is 0.145. The predicted molar refractivity (Wildman–Crippen MR) is 204 cm³/mol. The molecule has 1 aliphatic rings. The van der Waals surface area contributed by atoms with Gasteiger partial charge in [0.25, 0.3) is 21.8 Å². The number of benzene rings is 3. The van der Waals surface area contributed by atoms with E-state index in [9.17, 15) is 32.4 Å². The SMILES string of the molecule is CC(C)C(NC(=O)[N+]1(C(=O)[C@@H](NC(=O)c2ccc(C(=O)NS(=O)(=O)c3ccc(Cl)cc3)cc2)C(C)C)CCC[C@H]1C)C(=O)C(F)(F)CCCc1ccccc1. The summed E-state index contributed by atoms with van der Waals surface area (Å²) in [6.07, 6.45) is 0.628. The number of carbonyl (C=O) groups excluding carboxylic acids is 5. The number of imide groups is 1. The molecule has 1 saturated heterocycles. The van der Waals surface area contributed by atoms with Crippen molar-refractivity contribution >= 4 is 51.2 Å². The topological polar surface area (TPSA) is 156 Å². The summed E-state index contributed by atoms with van der Waals surface area (Å²) in [4.78, 5) is 68.1. The van der Waals surface area contributed by atoms with E-state index in [2.05, 4.69) is 10.6 Å². The first-order chi connectivity index (χ1) is 25.8. The number of nitrogens with one attached hydrogen (secondary N) is 3. The number of carbonyl (C=O) groups is 5. The molecule has 0 aliphatic carbocycles. The van der Waals surface area contributed by atoms with Crippen molar-refractivity contribution in [1.29, 1.82) is 0 Å². The van der Waals surface area contributed by atoms with Gasteiger partial charge in [-0.2, -0.15) is 13.3 Å². The van der Waals surface area contributed by atoms with E-state index in [-0.39, 0.29) is 29.0 Å². The maximum Gasteiger partial charge on any atom is 0.424 e. The fourth-order valence-electron chi connectivity index (χ4n) is 6.71. The molecule has 2 unspecified atom stereocenters. The highest BCUT2D eigenvalue weighted by Gasteiger charge is 2.57. The average Bonchev–Trinajstić information content (AvgIpc) is 3.54. The van der Waals surface area contributed by atoms with Gasteiger partial charge in [-0.05, 0) is 85.7 Å². The zero-order valence-electron chi connectivity index (χ0n) is 31.5. The molecule has 0 radical (unpaired) electrons. The van der Waals surface area contributed by atoms with Gasteiger partial charge in [-0.3, -0.25) is 19.7 Å². The van der Waals surface area contributed by atoms with E-state index in [0.717, 1.165) is 5.56 Å². The fourth-order valence-corrected chi connectivity index (χ4v) is 7.81. The van der Waals surface area contributed by atoms with E-state index in [0.29, 0.717) is 24.3 Å². The maximum absolute atomic E-state index is 15.4. The van der Waals surface area contributed by atoms with Crippen LogP contribution in [0.3, 0.4) is 0 Å². The zero-order chi connectivity index (χ0) is 40.7. The molecule has 0 spiro atoms. The minimum absolute atomic E-state index is 0.0418. The van der Waals surface area contributed by atoms with Crippen molar-refractivity contribution < 1.29 is 45.7 Å². The Balaban J connectivity index is 1.48. The standard InChI is InChI=1S/C40H47ClF2N4O7S/c1-25(2)33(35(48)40(42,43)23-9-14-28-12-7-6-8-13-28)45-39(52)47(24-10-11-27(47)5)38(51)34(26(3)4)44-36(49)29-15-17-30(18-16-29)37(50)46-55(53,54)32-21-19-31(41)20-22-32/h6-8,12-13,15-22,25-27,33-34H,9-11,14,23-24H2,1-5H3,(H2-,44,45,46,49,50,52)/p+1/t27-,33?,34+,47?/m1/s1. The van der Waals surface area contributed by atoms with Crippen LogP contribution >= 0.6 is 11.6 Å². The number of quaternary nitrogens is 1. The van der Waals surface area contributed by atoms with Crippen molar-refractivity contribution in [2.24, 2.45) is 11.8 Å². The molecule has 55 heavy (non-hydrogen) atoms. The Labute approximate surface area is 325 Å². The van der Waals surface area contributed by atoms with Gasteiger partial charge in [0.1, 0.15) is 18.1 Å². The Morgan fingerprint density at radius 3 is 1.91 bits per heavy atom. The molecule has 15 heteroatoms. The first kappa shape index (κ1) is 43.2. The van der Waals surface area contributed by atoms with Crippen LogP contribution in [0.15, 0.2) is 83.8 Å². The van der Waals surface area contributed by atoms with Gasteiger partial charge in [-0.1, -0.05) is 69.6 Å². The number of hydrogen-bond donors (Lipinski definition) is 3. The molecule has 11 nitrogen and oxygen atoms in total. The highest BCUT2D eigenvalue weighted by Crippen LogP contribution is 2.32. The van der Waals surface area contributed by atoms with E-state index in [4.69, 9.17) is 11.6 Å². The minimum Gasteiger partial charge on any atom is -0.336 e. The van der Waals surface area contributed by atoms with Crippen molar-refractivity contribution in [1.82, 2.24) is 15.4 Å². The average molecular weight is 802 g/mol. The first-order valence-corrected chi connectivity index (χ1v) is 20.1. The Hall–Kier alpha value is -4.53. The highest BCUT2D eigenvalue weighted by molar-refractivity contribution is 7.90. The van der Waals surface area contributed by atoms with Gasteiger partial charge in [-0.15, -0.1) is 0 Å². The Morgan fingerprint density at radius 2 is 1.38 bits per heavy atom. The van der Waals surface area contributed by atoms with E-state index in [1.54, 1.807) is 46.8 Å². The number of halogens is 3. The molecule has 0 aromatic heterocycles. The number of ketones is 1. The second-order valence-corrected chi connectivity index (χ2v) is 16.8. The third-order valence-electron chi connectivity index (χ3n) is 10.0. The van der Waals surface area contributed by atoms with E-state index < -0.39 is 86.3 Å². The van der Waals surface area contributed by atoms with Crippen molar-refractivity contribution in [3.63, 3.8) is 0 Å². The van der Waals surface area contributed by atoms with Crippen LogP contribution in [-0.2, 0) is 26.0 Å². The number of sulfonamides is 1. The number of likely N-dealkylation sites (tertiary alicyclic amines) is 1.